The summed E-state index contributed by atoms with van der Waals surface area (Å²) in [5, 5.41) is 0. The summed E-state index contributed by atoms with van der Waals surface area (Å²) in [6.45, 7) is 5.06. The molecule has 0 saturated carbocycles. The van der Waals surface area contributed by atoms with Gasteiger partial charge in [-0.25, -0.2) is 0 Å². The van der Waals surface area contributed by atoms with Crippen LogP contribution in [0.15, 0.2) is 0 Å². The zero-order valence-electron chi connectivity index (χ0n) is 7.92. The first kappa shape index (κ1) is 11.7. The van der Waals surface area contributed by atoms with Crippen LogP contribution in [-0.4, -0.2) is 23.1 Å². The molecule has 0 aliphatic heterocycles. The number of Topliss-reactive ketones (excluding diaryl/α,β-unsaturated/α-hetero) is 2. The van der Waals surface area contributed by atoms with Gasteiger partial charge in [0.25, 0.3) is 0 Å². The maximum absolute atomic E-state index is 10.9. The van der Waals surface area contributed by atoms with Gasteiger partial charge in [0.1, 0.15) is 11.6 Å². The third-order valence-electron chi connectivity index (χ3n) is 1.61. The molecule has 0 spiro atoms. The zero-order chi connectivity index (χ0) is 9.56. The van der Waals surface area contributed by atoms with Crippen LogP contribution in [0.5, 0.6) is 0 Å². The predicted octanol–water partition coefficient (Wildman–Crippen LogP) is 1.92. The number of hydrogen-bond donors (Lipinski definition) is 0. The fourth-order valence-corrected chi connectivity index (χ4v) is 2.03. The number of carbonyl (C=O) groups is 2. The van der Waals surface area contributed by atoms with Gasteiger partial charge in [0, 0.05) is 5.75 Å². The molecule has 0 aliphatic carbocycles. The molecule has 0 atom stereocenters. The molecule has 0 bridgehead atoms. The highest BCUT2D eigenvalue weighted by atomic mass is 32.2. The van der Waals surface area contributed by atoms with Crippen LogP contribution >= 0.6 is 11.8 Å². The maximum atomic E-state index is 10.9. The zero-order valence-corrected chi connectivity index (χ0v) is 8.74. The first-order chi connectivity index (χ1) is 5.59. The van der Waals surface area contributed by atoms with Crippen molar-refractivity contribution in [2.24, 2.45) is 5.92 Å². The molecule has 0 aromatic heterocycles. The normalized spacial score (nSPS) is 10.3. The molecule has 0 aromatic rings. The summed E-state index contributed by atoms with van der Waals surface area (Å²) >= 11 is 1.68. The van der Waals surface area contributed by atoms with Crippen LogP contribution in [0.25, 0.3) is 0 Å². The highest BCUT2D eigenvalue weighted by Gasteiger charge is 2.18. The van der Waals surface area contributed by atoms with Crippen molar-refractivity contribution in [2.75, 3.05) is 11.5 Å². The smallest absolute Gasteiger partial charge is 0.141 e. The van der Waals surface area contributed by atoms with E-state index in [1.807, 2.05) is 0 Å². The minimum absolute atomic E-state index is 0.00824. The Balaban J connectivity index is 3.80. The molecule has 0 unspecified atom stereocenters. The summed E-state index contributed by atoms with van der Waals surface area (Å²) in [6.07, 6.45) is 1.09. The molecule has 0 amide bonds. The lowest BCUT2D eigenvalue weighted by molar-refractivity contribution is -0.129. The third kappa shape index (κ3) is 4.54. The maximum Gasteiger partial charge on any atom is 0.141 e. The molecule has 0 radical (unpaired) electrons. The van der Waals surface area contributed by atoms with Crippen molar-refractivity contribution < 1.29 is 9.59 Å². The van der Waals surface area contributed by atoms with Crippen LogP contribution in [0, 0.1) is 5.92 Å². The Kier molecular flexibility index (Phi) is 6.07. The fraction of sp³-hybridized carbons (Fsp3) is 0.778. The van der Waals surface area contributed by atoms with E-state index in [1.165, 1.54) is 13.8 Å². The van der Waals surface area contributed by atoms with Crippen molar-refractivity contribution in [3.63, 3.8) is 0 Å². The molecular weight excluding hydrogens is 172 g/mol. The van der Waals surface area contributed by atoms with Gasteiger partial charge in [-0.2, -0.15) is 11.8 Å². The van der Waals surface area contributed by atoms with Crippen molar-refractivity contribution >= 4 is 23.3 Å². The average Bonchev–Trinajstić information content (AvgIpc) is 1.96. The number of rotatable bonds is 6. The van der Waals surface area contributed by atoms with Gasteiger partial charge in [-0.15, -0.1) is 0 Å². The summed E-state index contributed by atoms with van der Waals surface area (Å²) in [6, 6.07) is 0. The Bertz CT molecular complexity index is 152. The summed E-state index contributed by atoms with van der Waals surface area (Å²) in [7, 11) is 0. The largest absolute Gasteiger partial charge is 0.299 e. The van der Waals surface area contributed by atoms with Crippen molar-refractivity contribution in [3.8, 4) is 0 Å². The highest BCUT2D eigenvalue weighted by molar-refractivity contribution is 7.99. The molecule has 12 heavy (non-hydrogen) atoms. The van der Waals surface area contributed by atoms with E-state index in [2.05, 4.69) is 6.92 Å². The first-order valence-corrected chi connectivity index (χ1v) is 5.33. The quantitative estimate of drug-likeness (QED) is 0.472. The number of carbonyl (C=O) groups excluding carboxylic acids is 2. The van der Waals surface area contributed by atoms with Gasteiger partial charge in [-0.05, 0) is 26.0 Å². The summed E-state index contributed by atoms with van der Waals surface area (Å²) in [5.74, 6) is 1.29. The van der Waals surface area contributed by atoms with E-state index >= 15 is 0 Å². The summed E-state index contributed by atoms with van der Waals surface area (Å²) in [4.78, 5) is 21.9. The van der Waals surface area contributed by atoms with Crippen molar-refractivity contribution in [1.82, 2.24) is 0 Å². The molecule has 0 aliphatic rings. The molecule has 0 saturated heterocycles. The van der Waals surface area contributed by atoms with Gasteiger partial charge in [0.15, 0.2) is 0 Å². The molecule has 0 aromatic carbocycles. The van der Waals surface area contributed by atoms with E-state index in [1.54, 1.807) is 11.8 Å². The second-order valence-corrected chi connectivity index (χ2v) is 4.00. The van der Waals surface area contributed by atoms with Gasteiger partial charge in [0.05, 0.1) is 5.92 Å². The second kappa shape index (κ2) is 6.23. The predicted molar refractivity (Wildman–Crippen MR) is 52.5 cm³/mol. The van der Waals surface area contributed by atoms with E-state index in [0.29, 0.717) is 5.75 Å². The first-order valence-electron chi connectivity index (χ1n) is 4.18. The molecular formula is C9H16O2S. The minimum atomic E-state index is -0.374. The minimum Gasteiger partial charge on any atom is -0.299 e. The summed E-state index contributed by atoms with van der Waals surface area (Å²) < 4.78 is 0. The van der Waals surface area contributed by atoms with E-state index in [9.17, 15) is 9.59 Å². The van der Waals surface area contributed by atoms with Gasteiger partial charge in [-0.3, -0.25) is 9.59 Å². The third-order valence-corrected chi connectivity index (χ3v) is 2.88. The van der Waals surface area contributed by atoms with Crippen LogP contribution in [0.3, 0.4) is 0 Å². The van der Waals surface area contributed by atoms with Gasteiger partial charge in [0.2, 0.25) is 0 Å². The van der Waals surface area contributed by atoms with Gasteiger partial charge in [-0.1, -0.05) is 6.92 Å². The van der Waals surface area contributed by atoms with Crippen LogP contribution in [-0.2, 0) is 9.59 Å². The molecule has 0 N–H and O–H groups in total. The topological polar surface area (TPSA) is 34.1 Å². The Morgan fingerprint density at radius 3 is 2.08 bits per heavy atom. The van der Waals surface area contributed by atoms with Crippen LogP contribution in [0.1, 0.15) is 27.2 Å². The molecule has 0 rings (SSSR count). The van der Waals surface area contributed by atoms with Gasteiger partial charge < -0.3 is 0 Å². The number of thioether (sulfide) groups is 1. The highest BCUT2D eigenvalue weighted by Crippen LogP contribution is 2.11. The molecule has 2 nitrogen and oxygen atoms in total. The Morgan fingerprint density at radius 2 is 1.75 bits per heavy atom. The average molecular weight is 188 g/mol. The number of hydrogen-bond acceptors (Lipinski definition) is 3. The molecule has 0 fully saturated rings. The van der Waals surface area contributed by atoms with Crippen LogP contribution < -0.4 is 0 Å². The molecule has 70 valence electrons. The fourth-order valence-electron chi connectivity index (χ4n) is 0.866. The lowest BCUT2D eigenvalue weighted by Crippen LogP contribution is -2.21. The number of ketones is 2. The van der Waals surface area contributed by atoms with E-state index < -0.39 is 0 Å². The Labute approximate surface area is 78.1 Å². The van der Waals surface area contributed by atoms with E-state index in [4.69, 9.17) is 0 Å². The lowest BCUT2D eigenvalue weighted by Gasteiger charge is -2.08. The Hall–Kier alpha value is -0.310. The molecule has 0 heterocycles. The standard InChI is InChI=1S/C9H16O2S/c1-4-5-12-6-9(7(2)10)8(3)11/h9H,4-6H2,1-3H3. The monoisotopic (exact) mass is 188 g/mol. The van der Waals surface area contributed by atoms with Gasteiger partial charge >= 0.3 is 0 Å². The van der Waals surface area contributed by atoms with Crippen molar-refractivity contribution in [3.05, 3.63) is 0 Å². The van der Waals surface area contributed by atoms with Crippen LogP contribution in [0.4, 0.5) is 0 Å². The van der Waals surface area contributed by atoms with Crippen molar-refractivity contribution in [2.45, 2.75) is 27.2 Å². The van der Waals surface area contributed by atoms with Crippen LogP contribution in [0.2, 0.25) is 0 Å². The summed E-state index contributed by atoms with van der Waals surface area (Å²) in [5.41, 5.74) is 0. The SMILES string of the molecule is CCCSCC(C(C)=O)C(C)=O. The lowest BCUT2D eigenvalue weighted by atomic mass is 10.0. The second-order valence-electron chi connectivity index (χ2n) is 2.85. The van der Waals surface area contributed by atoms with E-state index in [0.717, 1.165) is 12.2 Å². The van der Waals surface area contributed by atoms with E-state index in [-0.39, 0.29) is 17.5 Å². The molecule has 3 heteroatoms. The Morgan fingerprint density at radius 1 is 1.25 bits per heavy atom. The van der Waals surface area contributed by atoms with Crippen molar-refractivity contribution in [1.29, 1.82) is 0 Å².